The molecular weight excluding hydrogens is 308 g/mol. The Kier molecular flexibility index (Phi) is 5.49. The van der Waals surface area contributed by atoms with Crippen molar-refractivity contribution < 1.29 is 0 Å². The lowest BCUT2D eigenvalue weighted by molar-refractivity contribution is 0.394. The number of aryl methyl sites for hydroxylation is 1. The first kappa shape index (κ1) is 14.3. The fraction of sp³-hybridized carbons (Fsp3) is 0.714. The molecular formula is C14H21BrN2S. The molecule has 4 heteroatoms. The van der Waals surface area contributed by atoms with Crippen LogP contribution in [0.3, 0.4) is 0 Å². The summed E-state index contributed by atoms with van der Waals surface area (Å²) in [7, 11) is 0. The standard InChI is InChI=1S/C14H21BrN2S/c1-3-5-13-16-12(15)9-14(17-13)18-11-7-4-6-10(2)8-11/h9-11H,3-8H2,1-2H3. The minimum atomic E-state index is 0.741. The van der Waals surface area contributed by atoms with Crippen molar-refractivity contribution in [3.05, 3.63) is 16.5 Å². The van der Waals surface area contributed by atoms with Crippen LogP contribution in [0.2, 0.25) is 0 Å². The topological polar surface area (TPSA) is 25.8 Å². The van der Waals surface area contributed by atoms with Gasteiger partial charge in [0.2, 0.25) is 0 Å². The summed E-state index contributed by atoms with van der Waals surface area (Å²) in [6.45, 7) is 4.53. The van der Waals surface area contributed by atoms with Crippen LogP contribution in [0.5, 0.6) is 0 Å². The van der Waals surface area contributed by atoms with Crippen molar-refractivity contribution in [1.82, 2.24) is 9.97 Å². The smallest absolute Gasteiger partial charge is 0.130 e. The van der Waals surface area contributed by atoms with Crippen LogP contribution in [0.25, 0.3) is 0 Å². The molecule has 1 aliphatic carbocycles. The van der Waals surface area contributed by atoms with Crippen LogP contribution in [0.15, 0.2) is 15.7 Å². The molecule has 0 aliphatic heterocycles. The van der Waals surface area contributed by atoms with Crippen LogP contribution < -0.4 is 0 Å². The molecule has 1 aliphatic rings. The highest BCUT2D eigenvalue weighted by atomic mass is 79.9. The molecule has 0 spiro atoms. The maximum absolute atomic E-state index is 4.66. The number of aromatic nitrogens is 2. The zero-order valence-electron chi connectivity index (χ0n) is 11.2. The zero-order valence-corrected chi connectivity index (χ0v) is 13.6. The number of halogens is 1. The molecule has 2 rings (SSSR count). The van der Waals surface area contributed by atoms with E-state index in [0.717, 1.165) is 39.5 Å². The number of thioether (sulfide) groups is 1. The molecule has 0 bridgehead atoms. The Morgan fingerprint density at radius 3 is 2.94 bits per heavy atom. The molecule has 1 aromatic rings. The molecule has 100 valence electrons. The summed E-state index contributed by atoms with van der Waals surface area (Å²) in [5, 5.41) is 1.88. The highest BCUT2D eigenvalue weighted by molar-refractivity contribution is 9.10. The third kappa shape index (κ3) is 4.23. The predicted molar refractivity (Wildman–Crippen MR) is 81.0 cm³/mol. The maximum atomic E-state index is 4.66. The quantitative estimate of drug-likeness (QED) is 0.738. The molecule has 1 aromatic heterocycles. The number of hydrogen-bond acceptors (Lipinski definition) is 3. The van der Waals surface area contributed by atoms with E-state index in [2.05, 4.69) is 45.8 Å². The largest absolute Gasteiger partial charge is 0.227 e. The summed E-state index contributed by atoms with van der Waals surface area (Å²) in [6, 6.07) is 2.06. The van der Waals surface area contributed by atoms with Crippen LogP contribution in [0.1, 0.15) is 51.8 Å². The molecule has 1 heterocycles. The Morgan fingerprint density at radius 1 is 1.39 bits per heavy atom. The summed E-state index contributed by atoms with van der Waals surface area (Å²) in [6.07, 6.45) is 7.49. The molecule has 1 saturated carbocycles. The van der Waals surface area contributed by atoms with E-state index < -0.39 is 0 Å². The van der Waals surface area contributed by atoms with Crippen molar-refractivity contribution in [3.8, 4) is 0 Å². The minimum absolute atomic E-state index is 0.741. The molecule has 2 nitrogen and oxygen atoms in total. The van der Waals surface area contributed by atoms with E-state index in [1.54, 1.807) is 0 Å². The van der Waals surface area contributed by atoms with Gasteiger partial charge in [-0.15, -0.1) is 11.8 Å². The van der Waals surface area contributed by atoms with Gasteiger partial charge in [-0.2, -0.15) is 0 Å². The average Bonchev–Trinajstić information content (AvgIpc) is 2.28. The van der Waals surface area contributed by atoms with Gasteiger partial charge in [-0.25, -0.2) is 9.97 Å². The Balaban J connectivity index is 2.03. The molecule has 0 aromatic carbocycles. The number of hydrogen-bond donors (Lipinski definition) is 0. The second kappa shape index (κ2) is 6.90. The maximum Gasteiger partial charge on any atom is 0.130 e. The van der Waals surface area contributed by atoms with Crippen LogP contribution in [0, 0.1) is 5.92 Å². The highest BCUT2D eigenvalue weighted by Gasteiger charge is 2.20. The van der Waals surface area contributed by atoms with Gasteiger partial charge >= 0.3 is 0 Å². The first-order valence-electron chi connectivity index (χ1n) is 6.87. The van der Waals surface area contributed by atoms with Gasteiger partial charge in [0.1, 0.15) is 15.5 Å². The molecule has 1 fully saturated rings. The van der Waals surface area contributed by atoms with E-state index in [9.17, 15) is 0 Å². The first-order chi connectivity index (χ1) is 8.67. The van der Waals surface area contributed by atoms with E-state index in [-0.39, 0.29) is 0 Å². The third-order valence-electron chi connectivity index (χ3n) is 3.37. The second-order valence-electron chi connectivity index (χ2n) is 5.21. The highest BCUT2D eigenvalue weighted by Crippen LogP contribution is 2.35. The second-order valence-corrected chi connectivity index (χ2v) is 7.34. The van der Waals surface area contributed by atoms with E-state index in [0.29, 0.717) is 0 Å². The Labute approximate surface area is 123 Å². The fourth-order valence-electron chi connectivity index (χ4n) is 2.49. The van der Waals surface area contributed by atoms with Gasteiger partial charge in [-0.3, -0.25) is 0 Å². The van der Waals surface area contributed by atoms with Crippen LogP contribution in [-0.4, -0.2) is 15.2 Å². The van der Waals surface area contributed by atoms with Crippen LogP contribution >= 0.6 is 27.7 Å². The van der Waals surface area contributed by atoms with Crippen molar-refractivity contribution in [3.63, 3.8) is 0 Å². The molecule has 18 heavy (non-hydrogen) atoms. The SMILES string of the molecule is CCCc1nc(Br)cc(SC2CCCC(C)C2)n1. The summed E-state index contributed by atoms with van der Waals surface area (Å²) in [4.78, 5) is 9.09. The Bertz CT molecular complexity index is 397. The first-order valence-corrected chi connectivity index (χ1v) is 8.54. The van der Waals surface area contributed by atoms with E-state index in [4.69, 9.17) is 0 Å². The molecule has 0 saturated heterocycles. The lowest BCUT2D eigenvalue weighted by Crippen LogP contribution is -2.15. The molecule has 0 amide bonds. The van der Waals surface area contributed by atoms with E-state index >= 15 is 0 Å². The number of nitrogens with zero attached hydrogens (tertiary/aromatic N) is 2. The molecule has 0 radical (unpaired) electrons. The van der Waals surface area contributed by atoms with Gasteiger partial charge in [-0.05, 0) is 41.1 Å². The van der Waals surface area contributed by atoms with Crippen molar-refractivity contribution in [2.45, 2.75) is 62.6 Å². The monoisotopic (exact) mass is 328 g/mol. The van der Waals surface area contributed by atoms with Crippen molar-refractivity contribution >= 4 is 27.7 Å². The lowest BCUT2D eigenvalue weighted by atomic mass is 9.91. The van der Waals surface area contributed by atoms with Crippen molar-refractivity contribution in [2.75, 3.05) is 0 Å². The zero-order chi connectivity index (χ0) is 13.0. The molecule has 2 unspecified atom stereocenters. The number of rotatable bonds is 4. The van der Waals surface area contributed by atoms with Gasteiger partial charge in [0.05, 0.1) is 0 Å². The van der Waals surface area contributed by atoms with Crippen molar-refractivity contribution in [1.29, 1.82) is 0 Å². The lowest BCUT2D eigenvalue weighted by Gasteiger charge is -2.25. The van der Waals surface area contributed by atoms with E-state index in [1.165, 1.54) is 25.7 Å². The van der Waals surface area contributed by atoms with Gasteiger partial charge in [0.25, 0.3) is 0 Å². The fourth-order valence-corrected chi connectivity index (χ4v) is 4.46. The van der Waals surface area contributed by atoms with Crippen molar-refractivity contribution in [2.24, 2.45) is 5.92 Å². The predicted octanol–water partition coefficient (Wildman–Crippen LogP) is 4.86. The van der Waals surface area contributed by atoms with Gasteiger partial charge < -0.3 is 0 Å². The Hall–Kier alpha value is -0.0900. The van der Waals surface area contributed by atoms with E-state index in [1.807, 2.05) is 11.8 Å². The van der Waals surface area contributed by atoms with Crippen LogP contribution in [-0.2, 0) is 6.42 Å². The average molecular weight is 329 g/mol. The van der Waals surface area contributed by atoms with Gasteiger partial charge in [0.15, 0.2) is 0 Å². The summed E-state index contributed by atoms with van der Waals surface area (Å²) >= 11 is 5.44. The normalized spacial score (nSPS) is 24.2. The van der Waals surface area contributed by atoms with Gasteiger partial charge in [-0.1, -0.05) is 26.7 Å². The molecule has 0 N–H and O–H groups in total. The van der Waals surface area contributed by atoms with Crippen LogP contribution in [0.4, 0.5) is 0 Å². The minimum Gasteiger partial charge on any atom is -0.227 e. The third-order valence-corrected chi connectivity index (χ3v) is 4.99. The summed E-state index contributed by atoms with van der Waals surface area (Å²) in [5.74, 6) is 1.84. The summed E-state index contributed by atoms with van der Waals surface area (Å²) in [5.41, 5.74) is 0. The van der Waals surface area contributed by atoms with Gasteiger partial charge in [0, 0.05) is 17.7 Å². The Morgan fingerprint density at radius 2 is 2.22 bits per heavy atom. The molecule has 2 atom stereocenters. The summed E-state index contributed by atoms with van der Waals surface area (Å²) < 4.78 is 0.923.